The van der Waals surface area contributed by atoms with E-state index in [9.17, 15) is 10.1 Å². The highest BCUT2D eigenvalue weighted by Crippen LogP contribution is 2.27. The predicted molar refractivity (Wildman–Crippen MR) is 82.7 cm³/mol. The van der Waals surface area contributed by atoms with Gasteiger partial charge in [-0.15, -0.1) is 0 Å². The molecule has 0 radical (unpaired) electrons. The molecular weight excluding hydrogens is 270 g/mol. The maximum atomic E-state index is 10.9. The van der Waals surface area contributed by atoms with Gasteiger partial charge in [-0.05, 0) is 32.9 Å². The summed E-state index contributed by atoms with van der Waals surface area (Å²) in [5, 5.41) is 14.9. The molecule has 112 valence electrons. The highest BCUT2D eigenvalue weighted by atomic mass is 16.6. The molecular formula is C15H19N3O3. The van der Waals surface area contributed by atoms with Crippen molar-refractivity contribution < 1.29 is 9.66 Å². The number of fused-ring (bicyclic) bond motifs is 1. The molecule has 6 nitrogen and oxygen atoms in total. The number of hydrogen-bond acceptors (Lipinski definition) is 5. The Labute approximate surface area is 123 Å². The van der Waals surface area contributed by atoms with Gasteiger partial charge >= 0.3 is 0 Å². The minimum absolute atomic E-state index is 0.0645. The summed E-state index contributed by atoms with van der Waals surface area (Å²) in [5.74, 6) is 0. The van der Waals surface area contributed by atoms with E-state index in [1.807, 2.05) is 26.8 Å². The molecule has 21 heavy (non-hydrogen) atoms. The predicted octanol–water partition coefficient (Wildman–Crippen LogP) is 3.29. The first kappa shape index (κ1) is 15.2. The minimum Gasteiger partial charge on any atom is -0.382 e. The monoisotopic (exact) mass is 289 g/mol. The summed E-state index contributed by atoms with van der Waals surface area (Å²) >= 11 is 0. The maximum absolute atomic E-state index is 10.9. The van der Waals surface area contributed by atoms with Crippen LogP contribution in [0.25, 0.3) is 10.9 Å². The molecule has 0 spiro atoms. The van der Waals surface area contributed by atoms with Crippen LogP contribution >= 0.6 is 0 Å². The largest absolute Gasteiger partial charge is 0.382 e. The van der Waals surface area contributed by atoms with E-state index in [1.165, 1.54) is 6.07 Å². The Hall–Kier alpha value is -2.21. The Morgan fingerprint density at radius 3 is 2.81 bits per heavy atom. The Kier molecular flexibility index (Phi) is 4.70. The fraction of sp³-hybridized carbons (Fsp3) is 0.400. The number of nitrogens with zero attached hydrogens (tertiary/aromatic N) is 2. The van der Waals surface area contributed by atoms with Gasteiger partial charge in [0.1, 0.15) is 0 Å². The van der Waals surface area contributed by atoms with Gasteiger partial charge in [-0.1, -0.05) is 0 Å². The van der Waals surface area contributed by atoms with E-state index in [1.54, 1.807) is 12.1 Å². The number of nitrogens with one attached hydrogen (secondary N) is 1. The average Bonchev–Trinajstić information content (AvgIpc) is 2.42. The van der Waals surface area contributed by atoms with Gasteiger partial charge in [0.05, 0.1) is 23.2 Å². The number of aromatic nitrogens is 1. The summed E-state index contributed by atoms with van der Waals surface area (Å²) in [6.45, 7) is 7.08. The van der Waals surface area contributed by atoms with Gasteiger partial charge in [-0.2, -0.15) is 0 Å². The standard InChI is InChI=1S/C15H19N3O3/c1-10(2)21-7-6-16-15-8-11(3)17-14-5-4-12(18(19)20)9-13(14)15/h4-5,8-10H,6-7H2,1-3H3,(H,16,17). The third-order valence-electron chi connectivity index (χ3n) is 3.00. The zero-order valence-electron chi connectivity index (χ0n) is 12.4. The van der Waals surface area contributed by atoms with Crippen LogP contribution in [0.4, 0.5) is 11.4 Å². The first-order chi connectivity index (χ1) is 9.97. The number of non-ortho nitro benzene ring substituents is 1. The second-order valence-corrected chi connectivity index (χ2v) is 5.12. The van der Waals surface area contributed by atoms with Crippen LogP contribution in [0.15, 0.2) is 24.3 Å². The van der Waals surface area contributed by atoms with Crippen LogP contribution in [0, 0.1) is 17.0 Å². The highest BCUT2D eigenvalue weighted by molar-refractivity contribution is 5.93. The Morgan fingerprint density at radius 1 is 1.38 bits per heavy atom. The molecule has 0 saturated carbocycles. The average molecular weight is 289 g/mol. The van der Waals surface area contributed by atoms with Crippen molar-refractivity contribution >= 4 is 22.3 Å². The van der Waals surface area contributed by atoms with Crippen LogP contribution < -0.4 is 5.32 Å². The molecule has 1 aromatic heterocycles. The van der Waals surface area contributed by atoms with Gasteiger partial charge < -0.3 is 10.1 Å². The number of anilines is 1. The van der Waals surface area contributed by atoms with Gasteiger partial charge in [0.25, 0.3) is 5.69 Å². The van der Waals surface area contributed by atoms with Crippen LogP contribution in [-0.2, 0) is 4.74 Å². The zero-order valence-corrected chi connectivity index (χ0v) is 12.4. The quantitative estimate of drug-likeness (QED) is 0.501. The van der Waals surface area contributed by atoms with Gasteiger partial charge in [0.2, 0.25) is 0 Å². The molecule has 0 aliphatic carbocycles. The smallest absolute Gasteiger partial charge is 0.270 e. The van der Waals surface area contributed by atoms with Crippen molar-refractivity contribution in [1.29, 1.82) is 0 Å². The van der Waals surface area contributed by atoms with E-state index in [2.05, 4.69) is 10.3 Å². The van der Waals surface area contributed by atoms with Crippen molar-refractivity contribution in [2.75, 3.05) is 18.5 Å². The summed E-state index contributed by atoms with van der Waals surface area (Å²) in [4.78, 5) is 14.9. The van der Waals surface area contributed by atoms with Crippen LogP contribution in [0.5, 0.6) is 0 Å². The van der Waals surface area contributed by atoms with E-state index in [4.69, 9.17) is 4.74 Å². The molecule has 2 aromatic rings. The van der Waals surface area contributed by atoms with Gasteiger partial charge in [-0.25, -0.2) is 0 Å². The van der Waals surface area contributed by atoms with Crippen molar-refractivity contribution in [3.05, 3.63) is 40.1 Å². The van der Waals surface area contributed by atoms with Crippen molar-refractivity contribution in [2.45, 2.75) is 26.9 Å². The number of aryl methyl sites for hydroxylation is 1. The lowest BCUT2D eigenvalue weighted by atomic mass is 10.1. The number of rotatable bonds is 6. The SMILES string of the molecule is Cc1cc(NCCOC(C)C)c2cc([N+](=O)[O-])ccc2n1. The Bertz CT molecular complexity index is 656. The van der Waals surface area contributed by atoms with Crippen molar-refractivity contribution in [3.63, 3.8) is 0 Å². The van der Waals surface area contributed by atoms with Gasteiger partial charge in [0, 0.05) is 35.4 Å². The second kappa shape index (κ2) is 6.49. The van der Waals surface area contributed by atoms with E-state index in [0.29, 0.717) is 13.2 Å². The number of ether oxygens (including phenoxy) is 1. The number of pyridine rings is 1. The van der Waals surface area contributed by atoms with Crippen LogP contribution in [0.2, 0.25) is 0 Å². The number of benzene rings is 1. The van der Waals surface area contributed by atoms with Crippen molar-refractivity contribution in [1.82, 2.24) is 4.98 Å². The maximum Gasteiger partial charge on any atom is 0.270 e. The van der Waals surface area contributed by atoms with Gasteiger partial charge in [-0.3, -0.25) is 15.1 Å². The first-order valence-electron chi connectivity index (χ1n) is 6.88. The lowest BCUT2D eigenvalue weighted by Crippen LogP contribution is -2.13. The first-order valence-corrected chi connectivity index (χ1v) is 6.88. The van der Waals surface area contributed by atoms with Crippen molar-refractivity contribution in [3.8, 4) is 0 Å². The molecule has 0 bridgehead atoms. The summed E-state index contributed by atoms with van der Waals surface area (Å²) in [5.41, 5.74) is 2.51. The molecule has 0 unspecified atom stereocenters. The van der Waals surface area contributed by atoms with E-state index < -0.39 is 4.92 Å². The topological polar surface area (TPSA) is 77.3 Å². The Balaban J connectivity index is 2.27. The van der Waals surface area contributed by atoms with Crippen LogP contribution in [0.1, 0.15) is 19.5 Å². The number of nitro benzene ring substituents is 1. The molecule has 0 aliphatic rings. The number of hydrogen-bond donors (Lipinski definition) is 1. The van der Waals surface area contributed by atoms with E-state index in [-0.39, 0.29) is 11.8 Å². The third kappa shape index (κ3) is 3.88. The fourth-order valence-electron chi connectivity index (χ4n) is 2.09. The molecule has 0 saturated heterocycles. The Morgan fingerprint density at radius 2 is 2.14 bits per heavy atom. The lowest BCUT2D eigenvalue weighted by Gasteiger charge is -2.12. The molecule has 1 heterocycles. The van der Waals surface area contributed by atoms with E-state index in [0.717, 1.165) is 22.3 Å². The van der Waals surface area contributed by atoms with Crippen molar-refractivity contribution in [2.24, 2.45) is 0 Å². The molecule has 0 fully saturated rings. The summed E-state index contributed by atoms with van der Waals surface area (Å²) < 4.78 is 5.48. The van der Waals surface area contributed by atoms with Crippen LogP contribution in [-0.4, -0.2) is 29.2 Å². The second-order valence-electron chi connectivity index (χ2n) is 5.12. The molecule has 0 aliphatic heterocycles. The summed E-state index contributed by atoms with van der Waals surface area (Å²) in [7, 11) is 0. The molecule has 1 aromatic carbocycles. The molecule has 0 atom stereocenters. The molecule has 1 N–H and O–H groups in total. The highest BCUT2D eigenvalue weighted by Gasteiger charge is 2.10. The van der Waals surface area contributed by atoms with E-state index >= 15 is 0 Å². The normalized spacial score (nSPS) is 11.0. The fourth-order valence-corrected chi connectivity index (χ4v) is 2.09. The van der Waals surface area contributed by atoms with Gasteiger partial charge in [0.15, 0.2) is 0 Å². The molecule has 2 rings (SSSR count). The zero-order chi connectivity index (χ0) is 15.4. The molecule has 0 amide bonds. The summed E-state index contributed by atoms with van der Waals surface area (Å²) in [6.07, 6.45) is 0.184. The van der Waals surface area contributed by atoms with Crippen LogP contribution in [0.3, 0.4) is 0 Å². The lowest BCUT2D eigenvalue weighted by molar-refractivity contribution is -0.384. The number of nitro groups is 1. The molecule has 6 heteroatoms. The third-order valence-corrected chi connectivity index (χ3v) is 3.00. The summed E-state index contributed by atoms with van der Waals surface area (Å²) in [6, 6.07) is 6.59. The minimum atomic E-state index is -0.398.